The summed E-state index contributed by atoms with van der Waals surface area (Å²) in [5, 5.41) is 2.52. The minimum absolute atomic E-state index is 0.193. The van der Waals surface area contributed by atoms with Gasteiger partial charge in [0.15, 0.2) is 16.3 Å². The summed E-state index contributed by atoms with van der Waals surface area (Å²) in [6, 6.07) is 25.6. The number of hydrogen-bond donors (Lipinski definition) is 0. The van der Waals surface area contributed by atoms with E-state index < -0.39 is 12.0 Å². The lowest BCUT2D eigenvalue weighted by atomic mass is 9.97. The zero-order valence-electron chi connectivity index (χ0n) is 23.9. The molecule has 0 aliphatic carbocycles. The number of ether oxygens (including phenoxy) is 3. The smallest absolute Gasteiger partial charge is 0.338 e. The van der Waals surface area contributed by atoms with Crippen molar-refractivity contribution < 1.29 is 19.0 Å². The number of methoxy groups -OCH3 is 1. The summed E-state index contributed by atoms with van der Waals surface area (Å²) in [7, 11) is 1.57. The van der Waals surface area contributed by atoms with E-state index in [1.807, 2.05) is 84.2 Å². The molecule has 222 valence electrons. The first kappa shape index (κ1) is 29.6. The largest absolute Gasteiger partial charge is 0.493 e. The van der Waals surface area contributed by atoms with Gasteiger partial charge in [-0.25, -0.2) is 9.79 Å². The summed E-state index contributed by atoms with van der Waals surface area (Å²) >= 11 is 9.09. The Morgan fingerprint density at radius 1 is 1.02 bits per heavy atom. The van der Waals surface area contributed by atoms with Gasteiger partial charge in [0.05, 0.1) is 29.5 Å². The fourth-order valence-corrected chi connectivity index (χ4v) is 7.03. The minimum atomic E-state index is -0.705. The molecular formula is C34H27ClN2O5S2. The first-order valence-corrected chi connectivity index (χ1v) is 15.9. The van der Waals surface area contributed by atoms with E-state index in [0.29, 0.717) is 42.7 Å². The maximum Gasteiger partial charge on any atom is 0.338 e. The normalized spacial score (nSPS) is 14.6. The summed E-state index contributed by atoms with van der Waals surface area (Å²) in [6.45, 7) is 2.16. The lowest BCUT2D eigenvalue weighted by Crippen LogP contribution is -2.39. The van der Waals surface area contributed by atoms with E-state index in [0.717, 1.165) is 16.0 Å². The van der Waals surface area contributed by atoms with Crippen LogP contribution in [0.1, 0.15) is 34.5 Å². The van der Waals surface area contributed by atoms with Crippen molar-refractivity contribution in [2.75, 3.05) is 13.7 Å². The number of halogens is 1. The summed E-state index contributed by atoms with van der Waals surface area (Å²) in [5.74, 6) is 0.490. The Labute approximate surface area is 266 Å². The molecule has 0 spiro atoms. The second kappa shape index (κ2) is 13.1. The molecule has 6 rings (SSSR count). The van der Waals surface area contributed by atoms with Crippen LogP contribution >= 0.6 is 34.3 Å². The molecule has 0 fully saturated rings. The van der Waals surface area contributed by atoms with Crippen LogP contribution in [0.3, 0.4) is 0 Å². The average molecular weight is 643 g/mol. The highest BCUT2D eigenvalue weighted by molar-refractivity contribution is 7.10. The van der Waals surface area contributed by atoms with Crippen molar-refractivity contribution in [3.05, 3.63) is 142 Å². The first-order valence-electron chi connectivity index (χ1n) is 13.8. The Balaban J connectivity index is 1.53. The van der Waals surface area contributed by atoms with E-state index in [2.05, 4.69) is 0 Å². The summed E-state index contributed by atoms with van der Waals surface area (Å²) in [4.78, 5) is 34.0. The van der Waals surface area contributed by atoms with Gasteiger partial charge in [-0.05, 0) is 36.6 Å². The second-order valence-corrected chi connectivity index (χ2v) is 12.1. The number of hydrogen-bond acceptors (Lipinski definition) is 8. The van der Waals surface area contributed by atoms with Gasteiger partial charge in [0.1, 0.15) is 12.6 Å². The maximum absolute atomic E-state index is 14.2. The Kier molecular flexibility index (Phi) is 8.79. The summed E-state index contributed by atoms with van der Waals surface area (Å²) < 4.78 is 19.4. The third-order valence-corrected chi connectivity index (χ3v) is 9.31. The van der Waals surface area contributed by atoms with Crippen molar-refractivity contribution >= 4 is 52.0 Å². The number of esters is 1. The van der Waals surface area contributed by atoms with Gasteiger partial charge in [-0.2, -0.15) is 0 Å². The van der Waals surface area contributed by atoms with E-state index >= 15 is 0 Å². The number of carbonyl (C=O) groups is 1. The molecule has 1 atom stereocenters. The predicted molar refractivity (Wildman–Crippen MR) is 174 cm³/mol. The van der Waals surface area contributed by atoms with Crippen LogP contribution in [0.4, 0.5) is 0 Å². The topological polar surface area (TPSA) is 79.1 Å². The number of rotatable bonds is 9. The molecule has 0 unspecified atom stereocenters. The Morgan fingerprint density at radius 2 is 1.82 bits per heavy atom. The lowest BCUT2D eigenvalue weighted by molar-refractivity contribution is -0.138. The fraction of sp³-hybridized carbons (Fsp3) is 0.147. The van der Waals surface area contributed by atoms with Gasteiger partial charge in [0.25, 0.3) is 5.56 Å². The summed E-state index contributed by atoms with van der Waals surface area (Å²) in [6.07, 6.45) is 1.77. The number of thiophene rings is 1. The highest BCUT2D eigenvalue weighted by Gasteiger charge is 2.35. The monoisotopic (exact) mass is 642 g/mol. The van der Waals surface area contributed by atoms with E-state index in [-0.39, 0.29) is 18.8 Å². The van der Waals surface area contributed by atoms with E-state index in [4.69, 9.17) is 30.8 Å². The van der Waals surface area contributed by atoms with Crippen LogP contribution in [0.15, 0.2) is 106 Å². The van der Waals surface area contributed by atoms with Gasteiger partial charge in [-0.1, -0.05) is 89.7 Å². The third kappa shape index (κ3) is 5.74. The lowest BCUT2D eigenvalue weighted by Gasteiger charge is -2.24. The number of thiazole rings is 1. The molecular weight excluding hydrogens is 616 g/mol. The van der Waals surface area contributed by atoms with E-state index in [1.54, 1.807) is 30.7 Å². The van der Waals surface area contributed by atoms with Crippen LogP contribution in [-0.4, -0.2) is 24.3 Å². The molecule has 0 radical (unpaired) electrons. The molecule has 0 amide bonds. The second-order valence-electron chi connectivity index (χ2n) is 9.71. The number of aromatic nitrogens is 1. The molecule has 0 saturated carbocycles. The number of benzene rings is 3. The van der Waals surface area contributed by atoms with Gasteiger partial charge in [-0.3, -0.25) is 9.36 Å². The number of fused-ring (bicyclic) bond motifs is 1. The van der Waals surface area contributed by atoms with E-state index in [9.17, 15) is 9.59 Å². The molecule has 7 nitrogen and oxygen atoms in total. The molecule has 2 aromatic heterocycles. The Hall–Kier alpha value is -4.44. The Morgan fingerprint density at radius 3 is 2.55 bits per heavy atom. The molecule has 3 heterocycles. The average Bonchev–Trinajstić information content (AvgIpc) is 3.69. The van der Waals surface area contributed by atoms with Crippen molar-refractivity contribution in [3.8, 4) is 11.5 Å². The van der Waals surface area contributed by atoms with Crippen molar-refractivity contribution in [2.45, 2.75) is 19.6 Å². The van der Waals surface area contributed by atoms with Crippen LogP contribution in [0.5, 0.6) is 11.5 Å². The van der Waals surface area contributed by atoms with Crippen LogP contribution in [0.2, 0.25) is 5.02 Å². The summed E-state index contributed by atoms with van der Waals surface area (Å²) in [5.41, 5.74) is 2.77. The molecule has 44 heavy (non-hydrogen) atoms. The number of para-hydroxylation sites is 1. The van der Waals surface area contributed by atoms with Crippen LogP contribution < -0.4 is 24.4 Å². The minimum Gasteiger partial charge on any atom is -0.493 e. The van der Waals surface area contributed by atoms with Crippen LogP contribution in [0.25, 0.3) is 11.8 Å². The third-order valence-electron chi connectivity index (χ3n) is 7.03. The van der Waals surface area contributed by atoms with Gasteiger partial charge in [0.2, 0.25) is 0 Å². The number of carbonyl (C=O) groups excluding carboxylic acids is 1. The SMILES string of the molecule is CCOC(=O)C1=C(c2ccccc2)N=c2s/c(=C\c3cccc(OC)c3OCc3ccccc3Cl)c(=O)n2[C@H]1c1cccs1. The molecule has 0 bridgehead atoms. The van der Waals surface area contributed by atoms with E-state index in [1.165, 1.54) is 22.7 Å². The quantitative estimate of drug-likeness (QED) is 0.178. The fourth-order valence-electron chi connectivity index (χ4n) is 5.02. The molecule has 10 heteroatoms. The van der Waals surface area contributed by atoms with Gasteiger partial charge in [-0.15, -0.1) is 11.3 Å². The molecule has 3 aromatic carbocycles. The zero-order chi connectivity index (χ0) is 30.6. The molecule has 1 aliphatic heterocycles. The van der Waals surface area contributed by atoms with Crippen molar-refractivity contribution in [2.24, 2.45) is 4.99 Å². The standard InChI is InChI=1S/C34H27ClN2O5S2/c1-3-41-33(39)28-29(21-11-5-4-6-12-21)36-34-37(30(28)26-17-10-18-43-26)32(38)27(44-34)19-22-14-9-16-25(40-2)31(22)42-20-23-13-7-8-15-24(23)35/h4-19,30H,3,20H2,1-2H3/b27-19-/t30-/m0/s1. The van der Waals surface area contributed by atoms with Crippen LogP contribution in [0, 0.1) is 0 Å². The molecule has 0 saturated heterocycles. The molecule has 5 aromatic rings. The molecule has 1 aliphatic rings. The maximum atomic E-state index is 14.2. The highest BCUT2D eigenvalue weighted by Crippen LogP contribution is 2.37. The highest BCUT2D eigenvalue weighted by atomic mass is 35.5. The Bertz CT molecular complexity index is 2030. The zero-order valence-corrected chi connectivity index (χ0v) is 26.2. The van der Waals surface area contributed by atoms with Gasteiger partial charge >= 0.3 is 5.97 Å². The molecule has 0 N–H and O–H groups in total. The predicted octanol–water partition coefficient (Wildman–Crippen LogP) is 6.24. The van der Waals surface area contributed by atoms with Gasteiger partial charge in [0, 0.05) is 26.6 Å². The first-order chi connectivity index (χ1) is 21.5. The van der Waals surface area contributed by atoms with Gasteiger partial charge < -0.3 is 14.2 Å². The van der Waals surface area contributed by atoms with Crippen LogP contribution in [-0.2, 0) is 16.1 Å². The number of nitrogens with zero attached hydrogens (tertiary/aromatic N) is 2. The van der Waals surface area contributed by atoms with Crippen molar-refractivity contribution in [1.82, 2.24) is 4.57 Å². The van der Waals surface area contributed by atoms with Crippen molar-refractivity contribution in [3.63, 3.8) is 0 Å². The van der Waals surface area contributed by atoms with Crippen molar-refractivity contribution in [1.29, 1.82) is 0 Å².